The Labute approximate surface area is 112 Å². The Kier molecular flexibility index (Phi) is 3.64. The SMILES string of the molecule is Cc1cc(C(=O)N2CCCC(C)(O)C2)ccc1Cl. The van der Waals surface area contributed by atoms with E-state index in [1.807, 2.05) is 6.92 Å². The normalized spacial score (nSPS) is 24.1. The maximum absolute atomic E-state index is 12.3. The molecule has 1 saturated heterocycles. The van der Waals surface area contributed by atoms with Crippen LogP contribution in [0.25, 0.3) is 0 Å². The van der Waals surface area contributed by atoms with E-state index in [2.05, 4.69) is 0 Å². The molecule has 1 amide bonds. The fraction of sp³-hybridized carbons (Fsp3) is 0.500. The van der Waals surface area contributed by atoms with Crippen LogP contribution < -0.4 is 0 Å². The fourth-order valence-corrected chi connectivity index (χ4v) is 2.47. The van der Waals surface area contributed by atoms with Gasteiger partial charge in [-0.3, -0.25) is 4.79 Å². The molecule has 0 radical (unpaired) electrons. The molecule has 1 aromatic carbocycles. The smallest absolute Gasteiger partial charge is 0.253 e. The van der Waals surface area contributed by atoms with Gasteiger partial charge in [0.05, 0.1) is 5.60 Å². The molecular weight excluding hydrogens is 250 g/mol. The van der Waals surface area contributed by atoms with Crippen molar-refractivity contribution in [2.24, 2.45) is 0 Å². The van der Waals surface area contributed by atoms with Crippen molar-refractivity contribution in [3.05, 3.63) is 34.3 Å². The minimum atomic E-state index is -0.768. The number of likely N-dealkylation sites (tertiary alicyclic amines) is 1. The van der Waals surface area contributed by atoms with Crippen LogP contribution in [-0.2, 0) is 0 Å². The highest BCUT2D eigenvalue weighted by Crippen LogP contribution is 2.23. The van der Waals surface area contributed by atoms with Crippen molar-refractivity contribution in [2.75, 3.05) is 13.1 Å². The number of carbonyl (C=O) groups excluding carboxylic acids is 1. The molecule has 1 atom stereocenters. The molecule has 0 saturated carbocycles. The molecule has 1 unspecified atom stereocenters. The number of aliphatic hydroxyl groups is 1. The summed E-state index contributed by atoms with van der Waals surface area (Å²) < 4.78 is 0. The molecule has 3 nitrogen and oxygen atoms in total. The van der Waals surface area contributed by atoms with Gasteiger partial charge in [0.1, 0.15) is 0 Å². The van der Waals surface area contributed by atoms with Gasteiger partial charge in [0.25, 0.3) is 5.91 Å². The summed E-state index contributed by atoms with van der Waals surface area (Å²) in [5.41, 5.74) is 0.760. The zero-order valence-corrected chi connectivity index (χ0v) is 11.5. The van der Waals surface area contributed by atoms with Crippen LogP contribution in [0.5, 0.6) is 0 Å². The van der Waals surface area contributed by atoms with E-state index in [4.69, 9.17) is 11.6 Å². The first-order valence-corrected chi connectivity index (χ1v) is 6.55. The number of piperidine rings is 1. The van der Waals surface area contributed by atoms with Crippen LogP contribution in [0.15, 0.2) is 18.2 Å². The number of hydrogen-bond donors (Lipinski definition) is 1. The average molecular weight is 268 g/mol. The summed E-state index contributed by atoms with van der Waals surface area (Å²) in [6.45, 7) is 4.76. The van der Waals surface area contributed by atoms with Crippen LogP contribution >= 0.6 is 11.6 Å². The first-order valence-electron chi connectivity index (χ1n) is 6.17. The van der Waals surface area contributed by atoms with E-state index in [1.165, 1.54) is 0 Å². The van der Waals surface area contributed by atoms with Gasteiger partial charge >= 0.3 is 0 Å². The largest absolute Gasteiger partial charge is 0.388 e. The van der Waals surface area contributed by atoms with Gasteiger partial charge < -0.3 is 10.0 Å². The Morgan fingerprint density at radius 3 is 2.83 bits per heavy atom. The maximum Gasteiger partial charge on any atom is 0.253 e. The number of carbonyl (C=O) groups is 1. The van der Waals surface area contributed by atoms with E-state index >= 15 is 0 Å². The van der Waals surface area contributed by atoms with Crippen LogP contribution in [0.2, 0.25) is 5.02 Å². The second-order valence-electron chi connectivity index (χ2n) is 5.29. The molecule has 1 aromatic rings. The molecule has 18 heavy (non-hydrogen) atoms. The summed E-state index contributed by atoms with van der Waals surface area (Å²) in [5, 5.41) is 10.7. The van der Waals surface area contributed by atoms with Crippen molar-refractivity contribution in [1.82, 2.24) is 4.90 Å². The van der Waals surface area contributed by atoms with Crippen molar-refractivity contribution < 1.29 is 9.90 Å². The molecule has 98 valence electrons. The number of hydrogen-bond acceptors (Lipinski definition) is 2. The van der Waals surface area contributed by atoms with Gasteiger partial charge in [-0.15, -0.1) is 0 Å². The molecule has 0 spiro atoms. The Bertz CT molecular complexity index is 471. The molecule has 1 fully saturated rings. The third-order valence-electron chi connectivity index (χ3n) is 3.37. The van der Waals surface area contributed by atoms with Gasteiger partial charge in [0.2, 0.25) is 0 Å². The van der Waals surface area contributed by atoms with Crippen LogP contribution in [-0.4, -0.2) is 34.6 Å². The maximum atomic E-state index is 12.3. The van der Waals surface area contributed by atoms with E-state index < -0.39 is 5.60 Å². The lowest BCUT2D eigenvalue weighted by Gasteiger charge is -2.36. The van der Waals surface area contributed by atoms with Crippen molar-refractivity contribution in [3.63, 3.8) is 0 Å². The second kappa shape index (κ2) is 4.90. The Morgan fingerprint density at radius 1 is 1.50 bits per heavy atom. The van der Waals surface area contributed by atoms with Gasteiger partial charge in [0, 0.05) is 23.7 Å². The summed E-state index contributed by atoms with van der Waals surface area (Å²) >= 11 is 5.95. The molecule has 1 heterocycles. The molecule has 1 aliphatic rings. The first kappa shape index (κ1) is 13.4. The minimum absolute atomic E-state index is 0.0326. The topological polar surface area (TPSA) is 40.5 Å². The standard InChI is InChI=1S/C14H18ClNO2/c1-10-8-11(4-5-12(10)15)13(17)16-7-3-6-14(2,18)9-16/h4-5,8,18H,3,6-7,9H2,1-2H3. The highest BCUT2D eigenvalue weighted by Gasteiger charge is 2.31. The highest BCUT2D eigenvalue weighted by atomic mass is 35.5. The lowest BCUT2D eigenvalue weighted by atomic mass is 9.94. The summed E-state index contributed by atoms with van der Waals surface area (Å²) in [7, 11) is 0. The molecule has 1 N–H and O–H groups in total. The number of benzene rings is 1. The average Bonchev–Trinajstić information content (AvgIpc) is 2.30. The van der Waals surface area contributed by atoms with Crippen molar-refractivity contribution >= 4 is 17.5 Å². The summed E-state index contributed by atoms with van der Waals surface area (Å²) in [4.78, 5) is 14.0. The second-order valence-corrected chi connectivity index (χ2v) is 5.70. The molecule has 4 heteroatoms. The minimum Gasteiger partial charge on any atom is -0.388 e. The predicted molar refractivity (Wildman–Crippen MR) is 72.0 cm³/mol. The Hall–Kier alpha value is -1.06. The van der Waals surface area contributed by atoms with E-state index in [-0.39, 0.29) is 5.91 Å². The molecular formula is C14H18ClNO2. The third-order valence-corrected chi connectivity index (χ3v) is 3.79. The molecule has 0 bridgehead atoms. The van der Waals surface area contributed by atoms with E-state index in [0.717, 1.165) is 18.4 Å². The number of amides is 1. The molecule has 2 rings (SSSR count). The fourth-order valence-electron chi connectivity index (χ4n) is 2.35. The highest BCUT2D eigenvalue weighted by molar-refractivity contribution is 6.31. The van der Waals surface area contributed by atoms with Gasteiger partial charge in [-0.25, -0.2) is 0 Å². The van der Waals surface area contributed by atoms with Crippen molar-refractivity contribution in [2.45, 2.75) is 32.3 Å². The van der Waals surface area contributed by atoms with Gasteiger partial charge in [0.15, 0.2) is 0 Å². The van der Waals surface area contributed by atoms with Crippen LogP contribution in [0.1, 0.15) is 35.7 Å². The zero-order chi connectivity index (χ0) is 13.3. The Balaban J connectivity index is 2.18. The van der Waals surface area contributed by atoms with Crippen LogP contribution in [0, 0.1) is 6.92 Å². The number of nitrogens with zero attached hydrogens (tertiary/aromatic N) is 1. The number of halogens is 1. The number of rotatable bonds is 1. The molecule has 0 aliphatic carbocycles. The summed E-state index contributed by atoms with van der Waals surface area (Å²) in [5.74, 6) is -0.0326. The quantitative estimate of drug-likeness (QED) is 0.850. The summed E-state index contributed by atoms with van der Waals surface area (Å²) in [6.07, 6.45) is 1.59. The first-order chi connectivity index (χ1) is 8.39. The predicted octanol–water partition coefficient (Wildman–Crippen LogP) is 2.64. The summed E-state index contributed by atoms with van der Waals surface area (Å²) in [6, 6.07) is 5.28. The lowest BCUT2D eigenvalue weighted by Crippen LogP contribution is -2.48. The lowest BCUT2D eigenvalue weighted by molar-refractivity contribution is -0.0107. The third kappa shape index (κ3) is 2.85. The van der Waals surface area contributed by atoms with Crippen molar-refractivity contribution in [3.8, 4) is 0 Å². The van der Waals surface area contributed by atoms with Gasteiger partial charge in [-0.2, -0.15) is 0 Å². The monoisotopic (exact) mass is 267 g/mol. The number of β-amino-alcohol motifs (C(OH)–C–C–N with tert-alkyl or cyclic N) is 1. The zero-order valence-electron chi connectivity index (χ0n) is 10.7. The Morgan fingerprint density at radius 2 is 2.22 bits per heavy atom. The van der Waals surface area contributed by atoms with Crippen LogP contribution in [0.3, 0.4) is 0 Å². The number of aryl methyl sites for hydroxylation is 1. The van der Waals surface area contributed by atoms with Gasteiger partial charge in [-0.05, 0) is 50.5 Å². The molecule has 1 aliphatic heterocycles. The van der Waals surface area contributed by atoms with Crippen LogP contribution in [0.4, 0.5) is 0 Å². The van der Waals surface area contributed by atoms with Gasteiger partial charge in [-0.1, -0.05) is 11.6 Å². The molecule has 0 aromatic heterocycles. The van der Waals surface area contributed by atoms with E-state index in [1.54, 1.807) is 30.0 Å². The van der Waals surface area contributed by atoms with E-state index in [9.17, 15) is 9.90 Å². The van der Waals surface area contributed by atoms with E-state index in [0.29, 0.717) is 23.7 Å². The van der Waals surface area contributed by atoms with Crippen molar-refractivity contribution in [1.29, 1.82) is 0 Å².